The highest BCUT2D eigenvalue weighted by atomic mass is 32.2. The minimum atomic E-state index is -0.714. The van der Waals surface area contributed by atoms with Crippen molar-refractivity contribution in [3.8, 4) is 0 Å². The van der Waals surface area contributed by atoms with E-state index in [1.807, 2.05) is 30.3 Å². The summed E-state index contributed by atoms with van der Waals surface area (Å²) in [5.41, 5.74) is 2.19. The van der Waals surface area contributed by atoms with Crippen LogP contribution in [0.15, 0.2) is 64.6 Å². The summed E-state index contributed by atoms with van der Waals surface area (Å²) in [7, 11) is 1.77. The lowest BCUT2D eigenvalue weighted by molar-refractivity contribution is -0.158. The maximum Gasteiger partial charge on any atom is 0.259 e. The minimum absolute atomic E-state index is 0.230. The molecule has 2 aromatic rings. The fourth-order valence-electron chi connectivity index (χ4n) is 3.92. The van der Waals surface area contributed by atoms with Crippen molar-refractivity contribution in [1.29, 1.82) is 0 Å². The van der Waals surface area contributed by atoms with Crippen LogP contribution in [-0.4, -0.2) is 71.7 Å². The molecular weight excluding hydrogens is 412 g/mol. The van der Waals surface area contributed by atoms with Crippen molar-refractivity contribution in [3.05, 3.63) is 65.7 Å². The monoisotopic (exact) mass is 438 g/mol. The van der Waals surface area contributed by atoms with Crippen LogP contribution >= 0.6 is 11.8 Å². The molecule has 2 fully saturated rings. The molecular formula is C23H26N4O3S. The molecule has 2 saturated heterocycles. The van der Waals surface area contributed by atoms with Gasteiger partial charge in [-0.25, -0.2) is 0 Å². The smallest absolute Gasteiger partial charge is 0.259 e. The number of carbonyl (C=O) groups is 1. The summed E-state index contributed by atoms with van der Waals surface area (Å²) >= 11 is 1.80. The molecule has 0 saturated carbocycles. The Morgan fingerprint density at radius 3 is 2.58 bits per heavy atom. The zero-order valence-corrected chi connectivity index (χ0v) is 18.3. The predicted octanol–water partition coefficient (Wildman–Crippen LogP) is 2.78. The van der Waals surface area contributed by atoms with Crippen molar-refractivity contribution in [2.45, 2.75) is 35.6 Å². The van der Waals surface area contributed by atoms with Crippen LogP contribution in [0.4, 0.5) is 0 Å². The molecule has 5 rings (SSSR count). The zero-order valence-electron chi connectivity index (χ0n) is 17.5. The number of methoxy groups -OCH3 is 1. The summed E-state index contributed by atoms with van der Waals surface area (Å²) < 4.78 is 11.1. The van der Waals surface area contributed by atoms with E-state index in [4.69, 9.17) is 9.47 Å². The van der Waals surface area contributed by atoms with Crippen LogP contribution in [-0.2, 0) is 20.8 Å². The summed E-state index contributed by atoms with van der Waals surface area (Å²) in [6.45, 7) is 3.82. The second kappa shape index (κ2) is 9.00. The van der Waals surface area contributed by atoms with Gasteiger partial charge in [0.2, 0.25) is 5.90 Å². The van der Waals surface area contributed by atoms with Gasteiger partial charge in [0.25, 0.3) is 6.23 Å². The van der Waals surface area contributed by atoms with E-state index < -0.39 is 6.23 Å². The fourth-order valence-corrected chi connectivity index (χ4v) is 5.08. The molecule has 31 heavy (non-hydrogen) atoms. The molecule has 2 atom stereocenters. The lowest BCUT2D eigenvalue weighted by atomic mass is 10.1. The summed E-state index contributed by atoms with van der Waals surface area (Å²) in [5, 5.41) is 8.63. The number of hydrogen-bond donors (Lipinski definition) is 0. The molecule has 162 valence electrons. The molecule has 3 aliphatic rings. The van der Waals surface area contributed by atoms with Crippen molar-refractivity contribution in [2.75, 3.05) is 26.7 Å². The summed E-state index contributed by atoms with van der Waals surface area (Å²) in [6, 6.07) is 18.4. The number of hydrazone groups is 1. The lowest BCUT2D eigenvalue weighted by Crippen LogP contribution is -2.56. The van der Waals surface area contributed by atoms with Crippen LogP contribution in [0.5, 0.6) is 0 Å². The quantitative estimate of drug-likeness (QED) is 0.588. The van der Waals surface area contributed by atoms with Crippen molar-refractivity contribution in [3.63, 3.8) is 0 Å². The Balaban J connectivity index is 1.20. The van der Waals surface area contributed by atoms with Gasteiger partial charge in [0.15, 0.2) is 6.29 Å². The first-order chi connectivity index (χ1) is 15.2. The number of rotatable bonds is 8. The topological polar surface area (TPSA) is 57.6 Å². The molecule has 2 aromatic carbocycles. The highest BCUT2D eigenvalue weighted by Gasteiger charge is 2.41. The first-order valence-corrected chi connectivity index (χ1v) is 11.4. The van der Waals surface area contributed by atoms with Crippen molar-refractivity contribution in [1.82, 2.24) is 15.0 Å². The average molecular weight is 439 g/mol. The largest absolute Gasteiger partial charge is 0.442 e. The van der Waals surface area contributed by atoms with E-state index in [2.05, 4.69) is 39.3 Å². The molecule has 0 aliphatic carbocycles. The molecule has 7 nitrogen and oxygen atoms in total. The highest BCUT2D eigenvalue weighted by molar-refractivity contribution is 8.00. The number of aldehydes is 1. The Bertz CT molecular complexity index is 934. The van der Waals surface area contributed by atoms with E-state index in [0.717, 1.165) is 44.4 Å². The number of benzene rings is 2. The molecule has 8 heteroatoms. The van der Waals surface area contributed by atoms with Crippen LogP contribution in [0.2, 0.25) is 0 Å². The third-order valence-corrected chi connectivity index (χ3v) is 7.15. The van der Waals surface area contributed by atoms with Gasteiger partial charge in [-0.2, -0.15) is 10.1 Å². The second-order valence-electron chi connectivity index (χ2n) is 7.96. The van der Waals surface area contributed by atoms with Crippen LogP contribution in [0, 0.1) is 0 Å². The molecule has 0 radical (unpaired) electrons. The van der Waals surface area contributed by atoms with Crippen LogP contribution in [0.1, 0.15) is 17.5 Å². The third-order valence-electron chi connectivity index (χ3n) is 5.85. The molecule has 0 spiro atoms. The van der Waals surface area contributed by atoms with Gasteiger partial charge in [0, 0.05) is 43.7 Å². The van der Waals surface area contributed by atoms with Crippen molar-refractivity contribution in [2.24, 2.45) is 5.10 Å². The van der Waals surface area contributed by atoms with Gasteiger partial charge in [0.05, 0.1) is 11.5 Å². The van der Waals surface area contributed by atoms with Crippen molar-refractivity contribution >= 4 is 23.9 Å². The Morgan fingerprint density at radius 2 is 1.94 bits per heavy atom. The number of nitrogens with zero attached hydrogens (tertiary/aromatic N) is 4. The van der Waals surface area contributed by atoms with Crippen LogP contribution in [0.25, 0.3) is 0 Å². The van der Waals surface area contributed by atoms with Crippen LogP contribution < -0.4 is 0 Å². The Labute approximate surface area is 186 Å². The molecule has 2 unspecified atom stereocenters. The van der Waals surface area contributed by atoms with Gasteiger partial charge in [-0.05, 0) is 36.2 Å². The standard InChI is InChI=1S/C23H26N4O3S/c1-29-19-14-25(15-19)13-17-7-9-20(10-8-17)31-22-11-12-26(22)27-21(16-28)30-23(24-27)18-5-3-2-4-6-18/h2-10,16,19,21-22H,11-15H2,1H3. The number of likely N-dealkylation sites (tertiary alicyclic amines) is 1. The average Bonchev–Trinajstić information content (AvgIpc) is 3.18. The molecule has 0 N–H and O–H groups in total. The highest BCUT2D eigenvalue weighted by Crippen LogP contribution is 2.37. The maximum absolute atomic E-state index is 11.6. The summed E-state index contributed by atoms with van der Waals surface area (Å²) in [5.74, 6) is 0.486. The number of carbonyl (C=O) groups excluding carboxylic acids is 1. The third kappa shape index (κ3) is 4.34. The first kappa shape index (κ1) is 20.5. The number of ether oxygens (including phenoxy) is 2. The van der Waals surface area contributed by atoms with Gasteiger partial charge < -0.3 is 9.47 Å². The van der Waals surface area contributed by atoms with Crippen LogP contribution in [0.3, 0.4) is 0 Å². The van der Waals surface area contributed by atoms with E-state index in [9.17, 15) is 4.79 Å². The number of hydrogen-bond acceptors (Lipinski definition) is 8. The van der Waals surface area contributed by atoms with E-state index in [1.54, 1.807) is 24.0 Å². The first-order valence-electron chi connectivity index (χ1n) is 10.6. The van der Waals surface area contributed by atoms with Gasteiger partial charge in [-0.3, -0.25) is 9.69 Å². The fraction of sp³-hybridized carbons (Fsp3) is 0.391. The maximum atomic E-state index is 11.6. The van der Waals surface area contributed by atoms with Gasteiger partial charge in [0.1, 0.15) is 0 Å². The number of hydrazine groups is 1. The molecule has 0 aromatic heterocycles. The molecule has 3 heterocycles. The van der Waals surface area contributed by atoms with Gasteiger partial charge in [-0.15, -0.1) is 16.9 Å². The van der Waals surface area contributed by atoms with E-state index >= 15 is 0 Å². The van der Waals surface area contributed by atoms with E-state index in [-0.39, 0.29) is 5.37 Å². The Kier molecular flexibility index (Phi) is 5.95. The minimum Gasteiger partial charge on any atom is -0.442 e. The lowest BCUT2D eigenvalue weighted by Gasteiger charge is -2.44. The predicted molar refractivity (Wildman–Crippen MR) is 119 cm³/mol. The summed E-state index contributed by atoms with van der Waals surface area (Å²) in [4.78, 5) is 15.2. The SMILES string of the molecule is COC1CN(Cc2ccc(SC3CCN3N3N=C(c4ccccc4)OC3C=O)cc2)C1. The normalized spacial score (nSPS) is 24.3. The summed E-state index contributed by atoms with van der Waals surface area (Å²) in [6.07, 6.45) is 1.51. The molecule has 0 amide bonds. The van der Waals surface area contributed by atoms with Crippen molar-refractivity contribution < 1.29 is 14.3 Å². The Morgan fingerprint density at radius 1 is 1.16 bits per heavy atom. The Hall–Kier alpha value is -2.39. The number of thioether (sulfide) groups is 1. The second-order valence-corrected chi connectivity index (χ2v) is 9.21. The van der Waals surface area contributed by atoms with E-state index in [1.165, 1.54) is 10.5 Å². The van der Waals surface area contributed by atoms with Gasteiger partial charge >= 0.3 is 0 Å². The molecule has 3 aliphatic heterocycles. The molecule has 0 bridgehead atoms. The zero-order chi connectivity index (χ0) is 21.2. The van der Waals surface area contributed by atoms with Gasteiger partial charge in [-0.1, -0.05) is 30.3 Å². The van der Waals surface area contributed by atoms with E-state index in [0.29, 0.717) is 12.0 Å².